The summed E-state index contributed by atoms with van der Waals surface area (Å²) in [7, 11) is 1.90. The number of nitrogens with zero attached hydrogens (tertiary/aromatic N) is 2. The summed E-state index contributed by atoms with van der Waals surface area (Å²) >= 11 is 8.52. The van der Waals surface area contributed by atoms with Crippen molar-refractivity contribution >= 4 is 40.5 Å². The number of ketones is 1. The minimum Gasteiger partial charge on any atom is -0.329 e. The van der Waals surface area contributed by atoms with E-state index in [4.69, 9.17) is 11.6 Å². The van der Waals surface area contributed by atoms with Crippen LogP contribution in [0.25, 0.3) is 0 Å². The molecule has 0 spiro atoms. The maximum Gasteiger partial charge on any atom is 0.183 e. The van der Waals surface area contributed by atoms with E-state index in [1.54, 1.807) is 18.3 Å². The van der Waals surface area contributed by atoms with Crippen LogP contribution in [0.2, 0.25) is 4.34 Å². The normalized spacial score (nSPS) is 10.6. The summed E-state index contributed by atoms with van der Waals surface area (Å²) in [4.78, 5) is 16.6. The molecule has 0 aliphatic heterocycles. The van der Waals surface area contributed by atoms with Crippen LogP contribution in [0.15, 0.2) is 29.7 Å². The van der Waals surface area contributed by atoms with E-state index in [0.29, 0.717) is 15.0 Å². The molecule has 2 rings (SSSR count). The smallest absolute Gasteiger partial charge is 0.183 e. The number of Topliss-reactive ketones (excluding diaryl/α,β-unsaturated/α-hetero) is 1. The number of carbonyl (C=O) groups is 1. The van der Waals surface area contributed by atoms with Crippen LogP contribution in [0, 0.1) is 0 Å². The van der Waals surface area contributed by atoms with E-state index >= 15 is 0 Å². The molecular formula is C10H9ClN2OS2. The number of hydrogen-bond acceptors (Lipinski definition) is 4. The molecule has 0 radical (unpaired) electrons. The van der Waals surface area contributed by atoms with Crippen molar-refractivity contribution in [1.82, 2.24) is 9.55 Å². The SMILES string of the molecule is Cn1ccnc1SCC(=O)c1ccc(Cl)s1. The Kier molecular flexibility index (Phi) is 3.68. The number of imidazole rings is 1. The zero-order valence-corrected chi connectivity index (χ0v) is 10.9. The number of rotatable bonds is 4. The van der Waals surface area contributed by atoms with Gasteiger partial charge in [0, 0.05) is 19.4 Å². The number of hydrogen-bond donors (Lipinski definition) is 0. The van der Waals surface area contributed by atoms with Gasteiger partial charge in [0.2, 0.25) is 0 Å². The van der Waals surface area contributed by atoms with Gasteiger partial charge in [0.25, 0.3) is 0 Å². The average molecular weight is 273 g/mol. The number of halogens is 1. The lowest BCUT2D eigenvalue weighted by atomic mass is 10.4. The Morgan fingerprint density at radius 3 is 3.00 bits per heavy atom. The number of thioether (sulfide) groups is 1. The molecule has 6 heteroatoms. The molecule has 0 saturated carbocycles. The molecule has 0 bridgehead atoms. The highest BCUT2D eigenvalue weighted by Crippen LogP contribution is 2.24. The first-order valence-electron chi connectivity index (χ1n) is 4.55. The fourth-order valence-electron chi connectivity index (χ4n) is 1.16. The van der Waals surface area contributed by atoms with Crippen molar-refractivity contribution < 1.29 is 4.79 Å². The highest BCUT2D eigenvalue weighted by atomic mass is 35.5. The van der Waals surface area contributed by atoms with Crippen LogP contribution in [0.4, 0.5) is 0 Å². The zero-order chi connectivity index (χ0) is 11.5. The van der Waals surface area contributed by atoms with Crippen LogP contribution < -0.4 is 0 Å². The Morgan fingerprint density at radius 2 is 2.44 bits per heavy atom. The maximum atomic E-state index is 11.8. The number of aromatic nitrogens is 2. The summed E-state index contributed by atoms with van der Waals surface area (Å²) in [5.74, 6) is 0.478. The van der Waals surface area contributed by atoms with E-state index in [9.17, 15) is 4.79 Å². The third-order valence-electron chi connectivity index (χ3n) is 1.96. The standard InChI is InChI=1S/C10H9ClN2OS2/c1-13-5-4-12-10(13)15-6-7(14)8-2-3-9(11)16-8/h2-5H,6H2,1H3. The fraction of sp³-hybridized carbons (Fsp3) is 0.200. The molecule has 2 aromatic heterocycles. The zero-order valence-electron chi connectivity index (χ0n) is 8.51. The van der Waals surface area contributed by atoms with Gasteiger partial charge in [-0.3, -0.25) is 4.79 Å². The number of aryl methyl sites for hydroxylation is 1. The summed E-state index contributed by atoms with van der Waals surface area (Å²) in [5, 5.41) is 0.844. The first-order valence-corrected chi connectivity index (χ1v) is 6.73. The molecule has 0 aliphatic rings. The first-order chi connectivity index (χ1) is 7.66. The highest BCUT2D eigenvalue weighted by molar-refractivity contribution is 7.99. The van der Waals surface area contributed by atoms with Crippen LogP contribution in [0.5, 0.6) is 0 Å². The molecule has 16 heavy (non-hydrogen) atoms. The molecule has 0 saturated heterocycles. The van der Waals surface area contributed by atoms with Crippen LogP contribution in [0.3, 0.4) is 0 Å². The van der Waals surface area contributed by atoms with E-state index in [-0.39, 0.29) is 5.78 Å². The van der Waals surface area contributed by atoms with Crippen molar-refractivity contribution in [3.63, 3.8) is 0 Å². The summed E-state index contributed by atoms with van der Waals surface area (Å²) in [6.07, 6.45) is 3.57. The molecule has 0 aliphatic carbocycles. The van der Waals surface area contributed by atoms with Crippen molar-refractivity contribution in [2.45, 2.75) is 5.16 Å². The van der Waals surface area contributed by atoms with Crippen LogP contribution in [-0.2, 0) is 7.05 Å². The second-order valence-corrected chi connectivity index (χ2v) is 5.79. The molecule has 2 aromatic rings. The summed E-state index contributed by atoms with van der Waals surface area (Å²) < 4.78 is 2.53. The third kappa shape index (κ3) is 2.66. The van der Waals surface area contributed by atoms with Crippen molar-refractivity contribution in [2.75, 3.05) is 5.75 Å². The second kappa shape index (κ2) is 5.03. The second-order valence-electron chi connectivity index (χ2n) is 3.14. The molecule has 0 fully saturated rings. The highest BCUT2D eigenvalue weighted by Gasteiger charge is 2.10. The van der Waals surface area contributed by atoms with Crippen LogP contribution in [0.1, 0.15) is 9.67 Å². The fourth-order valence-corrected chi connectivity index (χ4v) is 3.04. The quantitative estimate of drug-likeness (QED) is 0.634. The Morgan fingerprint density at radius 1 is 1.62 bits per heavy atom. The van der Waals surface area contributed by atoms with Crippen molar-refractivity contribution in [2.24, 2.45) is 7.05 Å². The molecular weight excluding hydrogens is 264 g/mol. The Labute approximate surface area is 106 Å². The lowest BCUT2D eigenvalue weighted by Crippen LogP contribution is -2.01. The first kappa shape index (κ1) is 11.7. The monoisotopic (exact) mass is 272 g/mol. The van der Waals surface area contributed by atoms with E-state index < -0.39 is 0 Å². The van der Waals surface area contributed by atoms with Crippen molar-refractivity contribution in [1.29, 1.82) is 0 Å². The Hall–Kier alpha value is -0.780. The molecule has 0 unspecified atom stereocenters. The molecule has 84 valence electrons. The van der Waals surface area contributed by atoms with Gasteiger partial charge in [-0.2, -0.15) is 0 Å². The molecule has 3 nitrogen and oxygen atoms in total. The van der Waals surface area contributed by atoms with Crippen LogP contribution >= 0.6 is 34.7 Å². The van der Waals surface area contributed by atoms with Crippen molar-refractivity contribution in [3.05, 3.63) is 33.7 Å². The predicted molar refractivity (Wildman–Crippen MR) is 67.6 cm³/mol. The van der Waals surface area contributed by atoms with E-state index in [2.05, 4.69) is 4.98 Å². The largest absolute Gasteiger partial charge is 0.329 e. The van der Waals surface area contributed by atoms with Gasteiger partial charge in [0.1, 0.15) is 0 Å². The predicted octanol–water partition coefficient (Wildman–Crippen LogP) is 3.11. The Bertz CT molecular complexity index is 506. The molecule has 0 amide bonds. The summed E-state index contributed by atoms with van der Waals surface area (Å²) in [5.41, 5.74) is 0. The summed E-state index contributed by atoms with van der Waals surface area (Å²) in [6, 6.07) is 3.50. The summed E-state index contributed by atoms with van der Waals surface area (Å²) in [6.45, 7) is 0. The minimum absolute atomic E-state index is 0.0879. The van der Waals surface area contributed by atoms with Gasteiger partial charge in [-0.25, -0.2) is 4.98 Å². The van der Waals surface area contributed by atoms with Gasteiger partial charge < -0.3 is 4.57 Å². The van der Waals surface area contributed by atoms with E-state index in [1.165, 1.54) is 23.1 Å². The third-order valence-corrected chi connectivity index (χ3v) is 4.29. The minimum atomic E-state index is 0.0879. The maximum absolute atomic E-state index is 11.8. The van der Waals surface area contributed by atoms with Gasteiger partial charge in [-0.1, -0.05) is 23.4 Å². The lowest BCUT2D eigenvalue weighted by molar-refractivity contribution is 0.102. The molecule has 0 atom stereocenters. The molecule has 0 N–H and O–H groups in total. The number of thiophene rings is 1. The van der Waals surface area contributed by atoms with Gasteiger partial charge in [-0.15, -0.1) is 11.3 Å². The van der Waals surface area contributed by atoms with Gasteiger partial charge in [0.15, 0.2) is 10.9 Å². The molecule has 0 aromatic carbocycles. The number of carbonyl (C=O) groups excluding carboxylic acids is 1. The van der Waals surface area contributed by atoms with E-state index in [1.807, 2.05) is 17.8 Å². The molecule has 2 heterocycles. The van der Waals surface area contributed by atoms with Crippen LogP contribution in [-0.4, -0.2) is 21.1 Å². The average Bonchev–Trinajstić information content (AvgIpc) is 2.84. The Balaban J connectivity index is 1.96. The van der Waals surface area contributed by atoms with Crippen molar-refractivity contribution in [3.8, 4) is 0 Å². The van der Waals surface area contributed by atoms with Gasteiger partial charge in [-0.05, 0) is 12.1 Å². The van der Waals surface area contributed by atoms with Gasteiger partial charge in [0.05, 0.1) is 15.0 Å². The van der Waals surface area contributed by atoms with E-state index in [0.717, 1.165) is 5.16 Å². The lowest BCUT2D eigenvalue weighted by Gasteiger charge is -1.99. The van der Waals surface area contributed by atoms with Gasteiger partial charge >= 0.3 is 0 Å². The topological polar surface area (TPSA) is 34.9 Å².